The van der Waals surface area contributed by atoms with E-state index in [0.717, 1.165) is 13.0 Å². The number of amides is 1. The van der Waals surface area contributed by atoms with Gasteiger partial charge in [-0.15, -0.1) is 0 Å². The fraction of sp³-hybridized carbons (Fsp3) is 0.316. The van der Waals surface area contributed by atoms with Crippen LogP contribution in [0.25, 0.3) is 0 Å². The lowest BCUT2D eigenvalue weighted by atomic mass is 9.97. The minimum absolute atomic E-state index is 0.275. The molecule has 0 saturated heterocycles. The Morgan fingerprint density at radius 3 is 2.76 bits per heavy atom. The van der Waals surface area contributed by atoms with Crippen molar-refractivity contribution in [2.24, 2.45) is 0 Å². The van der Waals surface area contributed by atoms with Gasteiger partial charge in [-0.2, -0.15) is 0 Å². The monoisotopic (exact) mass is 356 g/mol. The summed E-state index contributed by atoms with van der Waals surface area (Å²) in [6.45, 7) is 0.807. The standard InChI is InChI=1S/C19H21ClN4O/c20-15-6-8-16(9-7-15)24-19(25)17-12-18(23-13-22-17)21-11-10-14-4-2-1-3-5-14/h4,6-9,12-13H,1-3,5,10-11H2,(H,24,25)(H,21,22,23). The van der Waals surface area contributed by atoms with Crippen LogP contribution in [0.15, 0.2) is 48.3 Å². The highest BCUT2D eigenvalue weighted by Crippen LogP contribution is 2.20. The van der Waals surface area contributed by atoms with Crippen molar-refractivity contribution in [2.45, 2.75) is 32.1 Å². The molecule has 0 spiro atoms. The lowest BCUT2D eigenvalue weighted by Gasteiger charge is -2.13. The molecule has 25 heavy (non-hydrogen) atoms. The number of carbonyl (C=O) groups is 1. The minimum Gasteiger partial charge on any atom is -0.370 e. The van der Waals surface area contributed by atoms with E-state index < -0.39 is 0 Å². The van der Waals surface area contributed by atoms with E-state index in [1.165, 1.54) is 37.6 Å². The van der Waals surface area contributed by atoms with Gasteiger partial charge in [-0.1, -0.05) is 23.3 Å². The number of aromatic nitrogens is 2. The molecule has 0 fully saturated rings. The second-order valence-corrected chi connectivity index (χ2v) is 6.47. The van der Waals surface area contributed by atoms with Gasteiger partial charge in [0, 0.05) is 23.3 Å². The number of rotatable bonds is 6. The van der Waals surface area contributed by atoms with Gasteiger partial charge in [0.05, 0.1) is 0 Å². The van der Waals surface area contributed by atoms with E-state index >= 15 is 0 Å². The minimum atomic E-state index is -0.275. The second kappa shape index (κ2) is 8.62. The van der Waals surface area contributed by atoms with Gasteiger partial charge in [-0.3, -0.25) is 4.79 Å². The van der Waals surface area contributed by atoms with Crippen LogP contribution in [-0.4, -0.2) is 22.4 Å². The predicted molar refractivity (Wildman–Crippen MR) is 101 cm³/mol. The number of allylic oxidation sites excluding steroid dienone is 1. The van der Waals surface area contributed by atoms with Crippen LogP contribution in [0.2, 0.25) is 5.02 Å². The average Bonchev–Trinajstić information content (AvgIpc) is 2.65. The number of benzene rings is 1. The zero-order valence-corrected chi connectivity index (χ0v) is 14.7. The number of hydrogen-bond donors (Lipinski definition) is 2. The zero-order valence-electron chi connectivity index (χ0n) is 14.0. The van der Waals surface area contributed by atoms with Crippen LogP contribution in [0.1, 0.15) is 42.6 Å². The summed E-state index contributed by atoms with van der Waals surface area (Å²) in [6, 6.07) is 8.62. The number of halogens is 1. The summed E-state index contributed by atoms with van der Waals surface area (Å²) in [4.78, 5) is 20.5. The van der Waals surface area contributed by atoms with Gasteiger partial charge in [0.1, 0.15) is 17.8 Å². The predicted octanol–water partition coefficient (Wildman–Crippen LogP) is 4.68. The van der Waals surface area contributed by atoms with Crippen LogP contribution in [-0.2, 0) is 0 Å². The molecule has 0 radical (unpaired) electrons. The van der Waals surface area contributed by atoms with Gasteiger partial charge in [-0.05, 0) is 56.4 Å². The van der Waals surface area contributed by atoms with Crippen LogP contribution >= 0.6 is 11.6 Å². The molecule has 0 bridgehead atoms. The fourth-order valence-corrected chi connectivity index (χ4v) is 2.92. The number of nitrogens with zero attached hydrogens (tertiary/aromatic N) is 2. The maximum atomic E-state index is 12.3. The molecule has 0 atom stereocenters. The number of anilines is 2. The van der Waals surface area contributed by atoms with Gasteiger partial charge in [-0.25, -0.2) is 9.97 Å². The van der Waals surface area contributed by atoms with Gasteiger partial charge in [0.2, 0.25) is 0 Å². The number of carbonyl (C=O) groups excluding carboxylic acids is 1. The Labute approximate surface area is 152 Å². The molecule has 0 unspecified atom stereocenters. The lowest BCUT2D eigenvalue weighted by molar-refractivity contribution is 0.102. The normalized spacial score (nSPS) is 13.9. The Hall–Kier alpha value is -2.40. The van der Waals surface area contributed by atoms with E-state index in [2.05, 4.69) is 26.7 Å². The summed E-state index contributed by atoms with van der Waals surface area (Å²) in [5.74, 6) is 0.385. The van der Waals surface area contributed by atoms with Crippen molar-refractivity contribution in [3.63, 3.8) is 0 Å². The molecule has 2 N–H and O–H groups in total. The molecule has 3 rings (SSSR count). The van der Waals surface area contributed by atoms with Gasteiger partial charge in [0.25, 0.3) is 5.91 Å². The molecule has 1 heterocycles. The first kappa shape index (κ1) is 17.4. The molecule has 1 aliphatic carbocycles. The Morgan fingerprint density at radius 2 is 2.00 bits per heavy atom. The molecule has 0 saturated carbocycles. The van der Waals surface area contributed by atoms with Crippen LogP contribution < -0.4 is 10.6 Å². The van der Waals surface area contributed by atoms with Crippen molar-refractivity contribution in [1.29, 1.82) is 0 Å². The molecular formula is C19H21ClN4O. The van der Waals surface area contributed by atoms with Crippen molar-refractivity contribution in [3.05, 3.63) is 59.0 Å². The molecule has 1 aromatic heterocycles. The van der Waals surface area contributed by atoms with Crippen LogP contribution in [0.3, 0.4) is 0 Å². The van der Waals surface area contributed by atoms with Crippen LogP contribution in [0.5, 0.6) is 0 Å². The van der Waals surface area contributed by atoms with Gasteiger partial charge >= 0.3 is 0 Å². The molecular weight excluding hydrogens is 336 g/mol. The lowest BCUT2D eigenvalue weighted by Crippen LogP contribution is -2.15. The summed E-state index contributed by atoms with van der Waals surface area (Å²) in [5, 5.41) is 6.69. The third-order valence-electron chi connectivity index (χ3n) is 4.14. The van der Waals surface area contributed by atoms with Crippen molar-refractivity contribution >= 4 is 29.0 Å². The first-order valence-electron chi connectivity index (χ1n) is 8.51. The highest BCUT2D eigenvalue weighted by atomic mass is 35.5. The zero-order chi connectivity index (χ0) is 17.5. The van der Waals surface area contributed by atoms with Crippen molar-refractivity contribution in [1.82, 2.24) is 9.97 Å². The van der Waals surface area contributed by atoms with Gasteiger partial charge < -0.3 is 10.6 Å². The molecule has 1 aliphatic rings. The summed E-state index contributed by atoms with van der Waals surface area (Å²) in [7, 11) is 0. The topological polar surface area (TPSA) is 66.9 Å². The van der Waals surface area contributed by atoms with E-state index in [-0.39, 0.29) is 5.91 Å². The highest BCUT2D eigenvalue weighted by Gasteiger charge is 2.09. The summed E-state index contributed by atoms with van der Waals surface area (Å²) in [5.41, 5.74) is 2.50. The molecule has 130 valence electrons. The molecule has 1 amide bonds. The third kappa shape index (κ3) is 5.29. The van der Waals surface area contributed by atoms with Gasteiger partial charge in [0.15, 0.2) is 0 Å². The molecule has 6 heteroatoms. The average molecular weight is 357 g/mol. The Morgan fingerprint density at radius 1 is 1.16 bits per heavy atom. The van der Waals surface area contributed by atoms with E-state index in [1.807, 2.05) is 0 Å². The number of hydrogen-bond acceptors (Lipinski definition) is 4. The Bertz CT molecular complexity index is 758. The fourth-order valence-electron chi connectivity index (χ4n) is 2.79. The van der Waals surface area contributed by atoms with Crippen LogP contribution in [0, 0.1) is 0 Å². The van der Waals surface area contributed by atoms with Crippen molar-refractivity contribution < 1.29 is 4.79 Å². The first-order valence-corrected chi connectivity index (χ1v) is 8.89. The van der Waals surface area contributed by atoms with E-state index in [4.69, 9.17) is 11.6 Å². The van der Waals surface area contributed by atoms with Crippen molar-refractivity contribution in [3.8, 4) is 0 Å². The quantitative estimate of drug-likeness (QED) is 0.737. The molecule has 5 nitrogen and oxygen atoms in total. The maximum Gasteiger partial charge on any atom is 0.274 e. The second-order valence-electron chi connectivity index (χ2n) is 6.03. The highest BCUT2D eigenvalue weighted by molar-refractivity contribution is 6.30. The Balaban J connectivity index is 1.55. The van der Waals surface area contributed by atoms with E-state index in [1.54, 1.807) is 30.3 Å². The summed E-state index contributed by atoms with van der Waals surface area (Å²) in [6.07, 6.45) is 9.73. The maximum absolute atomic E-state index is 12.3. The van der Waals surface area contributed by atoms with E-state index in [9.17, 15) is 4.79 Å². The first-order chi connectivity index (χ1) is 12.2. The smallest absolute Gasteiger partial charge is 0.274 e. The van der Waals surface area contributed by atoms with Crippen molar-refractivity contribution in [2.75, 3.05) is 17.2 Å². The number of nitrogens with one attached hydrogen (secondary N) is 2. The molecule has 2 aromatic rings. The van der Waals surface area contributed by atoms with Crippen LogP contribution in [0.4, 0.5) is 11.5 Å². The molecule has 1 aromatic carbocycles. The Kier molecular flexibility index (Phi) is 6.01. The summed E-state index contributed by atoms with van der Waals surface area (Å²) < 4.78 is 0. The largest absolute Gasteiger partial charge is 0.370 e. The SMILES string of the molecule is O=C(Nc1ccc(Cl)cc1)c1cc(NCCC2=CCCCC2)ncn1. The van der Waals surface area contributed by atoms with E-state index in [0.29, 0.717) is 22.2 Å². The third-order valence-corrected chi connectivity index (χ3v) is 4.39. The summed E-state index contributed by atoms with van der Waals surface area (Å²) >= 11 is 5.85. The molecule has 0 aliphatic heterocycles.